The van der Waals surface area contributed by atoms with E-state index in [-0.39, 0.29) is 11.1 Å². The van der Waals surface area contributed by atoms with Gasteiger partial charge in [0.25, 0.3) is 5.91 Å². The predicted molar refractivity (Wildman–Crippen MR) is 93.3 cm³/mol. The Hall–Kier alpha value is -3.15. The van der Waals surface area contributed by atoms with Crippen molar-refractivity contribution in [2.24, 2.45) is 0 Å². The molecule has 1 atom stereocenters. The number of aryl methyl sites for hydroxylation is 1. The normalized spacial score (nSPS) is 16.9. The van der Waals surface area contributed by atoms with Crippen LogP contribution < -0.4 is 16.0 Å². The molecule has 3 amide bonds. The van der Waals surface area contributed by atoms with Crippen molar-refractivity contribution in [2.45, 2.75) is 19.9 Å². The van der Waals surface area contributed by atoms with Gasteiger partial charge in [-0.25, -0.2) is 9.18 Å². The molecule has 1 heterocycles. The number of allylic oxidation sites excluding steroid dienone is 1. The minimum atomic E-state index is -0.861. The van der Waals surface area contributed by atoms with E-state index in [1.54, 1.807) is 37.3 Å². The van der Waals surface area contributed by atoms with E-state index < -0.39 is 23.8 Å². The summed E-state index contributed by atoms with van der Waals surface area (Å²) in [5, 5.41) is 7.98. The van der Waals surface area contributed by atoms with Gasteiger partial charge in [0.05, 0.1) is 11.6 Å². The Kier molecular flexibility index (Phi) is 4.52. The molecule has 0 aromatic heterocycles. The lowest BCUT2D eigenvalue weighted by Gasteiger charge is -2.28. The Balaban J connectivity index is 1.96. The fourth-order valence-corrected chi connectivity index (χ4v) is 2.77. The minimum absolute atomic E-state index is 0.241. The Morgan fingerprint density at radius 1 is 1.08 bits per heavy atom. The molecule has 0 fully saturated rings. The van der Waals surface area contributed by atoms with Gasteiger partial charge in [-0.2, -0.15) is 0 Å². The fraction of sp³-hybridized carbons (Fsp3) is 0.158. The third-order valence-electron chi connectivity index (χ3n) is 4.04. The van der Waals surface area contributed by atoms with Crippen molar-refractivity contribution in [2.75, 3.05) is 5.32 Å². The summed E-state index contributed by atoms with van der Waals surface area (Å²) in [4.78, 5) is 24.6. The van der Waals surface area contributed by atoms with Gasteiger partial charge in [0.2, 0.25) is 0 Å². The van der Waals surface area contributed by atoms with E-state index in [9.17, 15) is 14.0 Å². The largest absolute Gasteiger partial charge is 0.327 e. The first-order valence-corrected chi connectivity index (χ1v) is 7.86. The number of hydrogen-bond acceptors (Lipinski definition) is 2. The topological polar surface area (TPSA) is 70.2 Å². The SMILES string of the molecule is CC1=C(C(=O)Nc2ccc(C)cc2)C(c2ccccc2F)NC(=O)N1. The highest BCUT2D eigenvalue weighted by Crippen LogP contribution is 2.29. The Morgan fingerprint density at radius 3 is 2.44 bits per heavy atom. The summed E-state index contributed by atoms with van der Waals surface area (Å²) < 4.78 is 14.2. The maximum absolute atomic E-state index is 14.2. The van der Waals surface area contributed by atoms with E-state index in [4.69, 9.17) is 0 Å². The minimum Gasteiger partial charge on any atom is -0.327 e. The highest BCUT2D eigenvalue weighted by Gasteiger charge is 2.32. The molecule has 3 rings (SSSR count). The summed E-state index contributed by atoms with van der Waals surface area (Å²) >= 11 is 0. The third-order valence-corrected chi connectivity index (χ3v) is 4.04. The number of amides is 3. The first-order chi connectivity index (χ1) is 12.0. The number of urea groups is 1. The van der Waals surface area contributed by atoms with Gasteiger partial charge < -0.3 is 16.0 Å². The predicted octanol–water partition coefficient (Wildman–Crippen LogP) is 3.40. The summed E-state index contributed by atoms with van der Waals surface area (Å²) in [6.45, 7) is 3.57. The average Bonchev–Trinajstić information content (AvgIpc) is 2.56. The maximum atomic E-state index is 14.2. The number of hydrogen-bond donors (Lipinski definition) is 3. The van der Waals surface area contributed by atoms with Crippen molar-refractivity contribution in [1.82, 2.24) is 10.6 Å². The number of nitrogens with one attached hydrogen (secondary N) is 3. The molecule has 1 unspecified atom stereocenters. The molecule has 0 saturated carbocycles. The lowest BCUT2D eigenvalue weighted by Crippen LogP contribution is -2.46. The van der Waals surface area contributed by atoms with Crippen molar-refractivity contribution in [3.63, 3.8) is 0 Å². The monoisotopic (exact) mass is 339 g/mol. The van der Waals surface area contributed by atoms with Crippen LogP contribution in [0.3, 0.4) is 0 Å². The van der Waals surface area contributed by atoms with Crippen LogP contribution in [0, 0.1) is 12.7 Å². The van der Waals surface area contributed by atoms with Crippen molar-refractivity contribution < 1.29 is 14.0 Å². The van der Waals surface area contributed by atoms with E-state index in [1.807, 2.05) is 19.1 Å². The van der Waals surface area contributed by atoms with E-state index in [0.717, 1.165) is 5.56 Å². The van der Waals surface area contributed by atoms with Gasteiger partial charge in [-0.1, -0.05) is 35.9 Å². The Labute approximate surface area is 144 Å². The first kappa shape index (κ1) is 16.7. The van der Waals surface area contributed by atoms with Gasteiger partial charge >= 0.3 is 6.03 Å². The lowest BCUT2D eigenvalue weighted by atomic mass is 9.94. The van der Waals surface area contributed by atoms with Crippen LogP contribution >= 0.6 is 0 Å². The van der Waals surface area contributed by atoms with Crippen LogP contribution in [-0.4, -0.2) is 11.9 Å². The molecular weight excluding hydrogens is 321 g/mol. The standard InChI is InChI=1S/C19H18FN3O2/c1-11-7-9-13(10-8-11)22-18(24)16-12(2)21-19(25)23-17(16)14-5-3-4-6-15(14)20/h3-10,17H,1-2H3,(H,22,24)(H2,21,23,25). The lowest BCUT2D eigenvalue weighted by molar-refractivity contribution is -0.113. The zero-order valence-electron chi connectivity index (χ0n) is 13.9. The molecule has 0 radical (unpaired) electrons. The second-order valence-electron chi connectivity index (χ2n) is 5.91. The van der Waals surface area contributed by atoms with E-state index in [0.29, 0.717) is 11.4 Å². The third kappa shape index (κ3) is 3.52. The van der Waals surface area contributed by atoms with Crippen LogP contribution in [0.5, 0.6) is 0 Å². The molecule has 3 N–H and O–H groups in total. The fourth-order valence-electron chi connectivity index (χ4n) is 2.77. The smallest absolute Gasteiger partial charge is 0.319 e. The van der Waals surface area contributed by atoms with Crippen LogP contribution in [0.1, 0.15) is 24.1 Å². The van der Waals surface area contributed by atoms with Crippen LogP contribution in [0.25, 0.3) is 0 Å². The molecule has 6 heteroatoms. The second-order valence-corrected chi connectivity index (χ2v) is 5.91. The number of anilines is 1. The van der Waals surface area contributed by atoms with Gasteiger partial charge in [0.15, 0.2) is 0 Å². The molecule has 0 bridgehead atoms. The van der Waals surface area contributed by atoms with E-state index in [1.165, 1.54) is 6.07 Å². The van der Waals surface area contributed by atoms with Gasteiger partial charge in [0, 0.05) is 16.9 Å². The molecule has 5 nitrogen and oxygen atoms in total. The number of carbonyl (C=O) groups excluding carboxylic acids is 2. The molecule has 25 heavy (non-hydrogen) atoms. The van der Waals surface area contributed by atoms with Crippen LogP contribution in [-0.2, 0) is 4.79 Å². The summed E-state index contributed by atoms with van der Waals surface area (Å²) in [7, 11) is 0. The van der Waals surface area contributed by atoms with Gasteiger partial charge in [-0.15, -0.1) is 0 Å². The molecule has 1 aliphatic rings. The summed E-state index contributed by atoms with van der Waals surface area (Å²) in [5.74, 6) is -0.884. The van der Waals surface area contributed by atoms with Gasteiger partial charge in [-0.3, -0.25) is 4.79 Å². The molecular formula is C19H18FN3O2. The van der Waals surface area contributed by atoms with Crippen molar-refractivity contribution >= 4 is 17.6 Å². The highest BCUT2D eigenvalue weighted by molar-refractivity contribution is 6.06. The van der Waals surface area contributed by atoms with Crippen LogP contribution in [0.15, 0.2) is 59.8 Å². The van der Waals surface area contributed by atoms with Crippen LogP contribution in [0.2, 0.25) is 0 Å². The zero-order valence-corrected chi connectivity index (χ0v) is 13.9. The van der Waals surface area contributed by atoms with Crippen molar-refractivity contribution in [3.8, 4) is 0 Å². The molecule has 0 spiro atoms. The molecule has 0 saturated heterocycles. The average molecular weight is 339 g/mol. The van der Waals surface area contributed by atoms with E-state index in [2.05, 4.69) is 16.0 Å². The molecule has 1 aliphatic heterocycles. The Bertz CT molecular complexity index is 859. The number of carbonyl (C=O) groups is 2. The summed E-state index contributed by atoms with van der Waals surface area (Å²) in [5.41, 5.74) is 2.60. The summed E-state index contributed by atoms with van der Waals surface area (Å²) in [6.07, 6.45) is 0. The van der Waals surface area contributed by atoms with Gasteiger partial charge in [0.1, 0.15) is 5.82 Å². The number of benzene rings is 2. The quantitative estimate of drug-likeness (QED) is 0.802. The Morgan fingerprint density at radius 2 is 1.76 bits per heavy atom. The molecule has 2 aromatic rings. The number of rotatable bonds is 3. The van der Waals surface area contributed by atoms with Crippen molar-refractivity contribution in [1.29, 1.82) is 0 Å². The van der Waals surface area contributed by atoms with E-state index >= 15 is 0 Å². The van der Waals surface area contributed by atoms with Crippen LogP contribution in [0.4, 0.5) is 14.9 Å². The highest BCUT2D eigenvalue weighted by atomic mass is 19.1. The van der Waals surface area contributed by atoms with Crippen molar-refractivity contribution in [3.05, 3.63) is 76.7 Å². The first-order valence-electron chi connectivity index (χ1n) is 7.86. The zero-order chi connectivity index (χ0) is 18.0. The summed E-state index contributed by atoms with van der Waals surface area (Å²) in [6, 6.07) is 12.1. The molecule has 128 valence electrons. The second kappa shape index (κ2) is 6.76. The molecule has 0 aliphatic carbocycles. The molecule has 2 aromatic carbocycles. The maximum Gasteiger partial charge on any atom is 0.319 e. The number of halogens is 1. The van der Waals surface area contributed by atoms with Gasteiger partial charge in [-0.05, 0) is 32.0 Å².